The highest BCUT2D eigenvalue weighted by molar-refractivity contribution is 7.53. The van der Waals surface area contributed by atoms with Gasteiger partial charge in [-0.25, -0.2) is 0 Å². The molecule has 0 saturated heterocycles. The van der Waals surface area contributed by atoms with E-state index in [1.165, 1.54) is 0 Å². The number of rotatable bonds is 11. The summed E-state index contributed by atoms with van der Waals surface area (Å²) in [6, 6.07) is 9.66. The van der Waals surface area contributed by atoms with Crippen molar-refractivity contribution in [3.8, 4) is 0 Å². The molecule has 23 heavy (non-hydrogen) atoms. The monoisotopic (exact) mass is 343 g/mol. The van der Waals surface area contributed by atoms with E-state index in [1.807, 2.05) is 30.3 Å². The molecule has 0 fully saturated rings. The van der Waals surface area contributed by atoms with Crippen molar-refractivity contribution in [3.05, 3.63) is 35.9 Å². The molecule has 0 radical (unpaired) electrons. The summed E-state index contributed by atoms with van der Waals surface area (Å²) >= 11 is 0. The standard InChI is InChI=1S/C16H26NO5P/c1-4-20-16(18)13-17(12-15-10-8-7-9-11-15)14-23(19,21-5-2)22-6-3/h7-11H,4-6,12-14H2,1-3H3. The summed E-state index contributed by atoms with van der Waals surface area (Å²) in [5.74, 6) is -0.358. The third-order valence-corrected chi connectivity index (χ3v) is 4.98. The number of ether oxygens (including phenoxy) is 1. The molecule has 0 bridgehead atoms. The fourth-order valence-corrected chi connectivity index (χ4v) is 3.86. The quantitative estimate of drug-likeness (QED) is 0.454. The Morgan fingerprint density at radius 3 is 2.17 bits per heavy atom. The lowest BCUT2D eigenvalue weighted by molar-refractivity contribution is -0.144. The van der Waals surface area contributed by atoms with Crippen LogP contribution in [-0.4, -0.2) is 43.5 Å². The molecule has 0 aliphatic rings. The van der Waals surface area contributed by atoms with Crippen molar-refractivity contribution in [1.82, 2.24) is 4.90 Å². The van der Waals surface area contributed by atoms with E-state index in [4.69, 9.17) is 13.8 Å². The minimum atomic E-state index is -3.27. The van der Waals surface area contributed by atoms with Gasteiger partial charge in [0, 0.05) is 6.54 Å². The minimum Gasteiger partial charge on any atom is -0.465 e. The number of hydrogen-bond donors (Lipinski definition) is 0. The number of esters is 1. The zero-order valence-electron chi connectivity index (χ0n) is 14.1. The Morgan fingerprint density at radius 2 is 1.65 bits per heavy atom. The minimum absolute atomic E-state index is 0.0346. The van der Waals surface area contributed by atoms with Crippen molar-refractivity contribution in [2.75, 3.05) is 32.7 Å². The van der Waals surface area contributed by atoms with Crippen LogP contribution >= 0.6 is 7.60 Å². The van der Waals surface area contributed by atoms with Crippen LogP contribution < -0.4 is 0 Å². The summed E-state index contributed by atoms with van der Waals surface area (Å²) in [6.07, 6.45) is 0.0440. The van der Waals surface area contributed by atoms with E-state index in [2.05, 4.69) is 0 Å². The van der Waals surface area contributed by atoms with Crippen molar-refractivity contribution in [1.29, 1.82) is 0 Å². The van der Waals surface area contributed by atoms with Crippen molar-refractivity contribution < 1.29 is 23.1 Å². The SMILES string of the molecule is CCOC(=O)CN(Cc1ccccc1)CP(=O)(OCC)OCC. The molecule has 0 amide bonds. The van der Waals surface area contributed by atoms with Gasteiger partial charge in [-0.05, 0) is 26.3 Å². The summed E-state index contributed by atoms with van der Waals surface area (Å²) in [7, 11) is -3.27. The van der Waals surface area contributed by atoms with Crippen LogP contribution in [0.3, 0.4) is 0 Å². The van der Waals surface area contributed by atoms with Crippen LogP contribution in [0.15, 0.2) is 30.3 Å². The van der Waals surface area contributed by atoms with Gasteiger partial charge in [0.25, 0.3) is 0 Å². The maximum Gasteiger partial charge on any atom is 0.344 e. The van der Waals surface area contributed by atoms with Crippen LogP contribution in [0.4, 0.5) is 0 Å². The Bertz CT molecular complexity index is 498. The highest BCUT2D eigenvalue weighted by Crippen LogP contribution is 2.48. The number of carbonyl (C=O) groups excluding carboxylic acids is 1. The van der Waals surface area contributed by atoms with Crippen LogP contribution in [-0.2, 0) is 29.7 Å². The second kappa shape index (κ2) is 10.6. The second-order valence-corrected chi connectivity index (χ2v) is 6.89. The molecule has 0 heterocycles. The number of hydrogen-bond acceptors (Lipinski definition) is 6. The van der Waals surface area contributed by atoms with Crippen LogP contribution in [0, 0.1) is 0 Å². The van der Waals surface area contributed by atoms with E-state index in [0.717, 1.165) is 5.56 Å². The molecule has 6 nitrogen and oxygen atoms in total. The third kappa shape index (κ3) is 7.75. The van der Waals surface area contributed by atoms with Crippen LogP contribution in [0.2, 0.25) is 0 Å². The fraction of sp³-hybridized carbons (Fsp3) is 0.562. The number of benzene rings is 1. The Morgan fingerprint density at radius 1 is 1.04 bits per heavy atom. The van der Waals surface area contributed by atoms with Gasteiger partial charge >= 0.3 is 13.6 Å². The van der Waals surface area contributed by atoms with Crippen molar-refractivity contribution >= 4 is 13.6 Å². The first-order chi connectivity index (χ1) is 11.0. The molecule has 0 atom stereocenters. The molecule has 130 valence electrons. The first-order valence-electron chi connectivity index (χ1n) is 7.83. The summed E-state index contributed by atoms with van der Waals surface area (Å²) < 4.78 is 28.3. The molecule has 0 aliphatic heterocycles. The largest absolute Gasteiger partial charge is 0.465 e. The summed E-state index contributed by atoms with van der Waals surface area (Å²) in [5, 5.41) is 0. The molecule has 0 spiro atoms. The smallest absolute Gasteiger partial charge is 0.344 e. The average Bonchev–Trinajstić information content (AvgIpc) is 2.48. The van der Waals surface area contributed by atoms with E-state index in [1.54, 1.807) is 25.7 Å². The Balaban J connectivity index is 2.84. The highest BCUT2D eigenvalue weighted by Gasteiger charge is 2.28. The van der Waals surface area contributed by atoms with Gasteiger partial charge in [0.05, 0.1) is 26.4 Å². The first kappa shape index (κ1) is 19.8. The van der Waals surface area contributed by atoms with E-state index >= 15 is 0 Å². The fourth-order valence-electron chi connectivity index (χ4n) is 2.14. The Hall–Kier alpha value is -1.20. The second-order valence-electron chi connectivity index (χ2n) is 4.87. The summed E-state index contributed by atoms with van der Waals surface area (Å²) in [6.45, 7) is 6.66. The molecule has 0 aromatic heterocycles. The maximum atomic E-state index is 12.7. The average molecular weight is 343 g/mol. The van der Waals surface area contributed by atoms with E-state index < -0.39 is 7.60 Å². The lowest BCUT2D eigenvalue weighted by Gasteiger charge is -2.26. The molecule has 1 aromatic carbocycles. The molecular formula is C16H26NO5P. The predicted molar refractivity (Wildman–Crippen MR) is 89.2 cm³/mol. The molecule has 7 heteroatoms. The maximum absolute atomic E-state index is 12.7. The summed E-state index contributed by atoms with van der Waals surface area (Å²) in [4.78, 5) is 13.5. The zero-order chi connectivity index (χ0) is 17.1. The lowest BCUT2D eigenvalue weighted by Crippen LogP contribution is -2.32. The van der Waals surface area contributed by atoms with Crippen molar-refractivity contribution in [3.63, 3.8) is 0 Å². The van der Waals surface area contributed by atoms with E-state index in [9.17, 15) is 9.36 Å². The summed E-state index contributed by atoms with van der Waals surface area (Å²) in [5.41, 5.74) is 1.01. The molecule has 0 aliphatic carbocycles. The van der Waals surface area contributed by atoms with Crippen molar-refractivity contribution in [2.24, 2.45) is 0 Å². The molecule has 1 rings (SSSR count). The van der Waals surface area contributed by atoms with Gasteiger partial charge in [-0.2, -0.15) is 0 Å². The zero-order valence-corrected chi connectivity index (χ0v) is 15.0. The molecule has 1 aromatic rings. The third-order valence-electron chi connectivity index (χ3n) is 2.93. The predicted octanol–water partition coefficient (Wildman–Crippen LogP) is 3.28. The van der Waals surface area contributed by atoms with Crippen LogP contribution in [0.25, 0.3) is 0 Å². The molecule has 0 unspecified atom stereocenters. The normalized spacial score (nSPS) is 11.7. The van der Waals surface area contributed by atoms with E-state index in [0.29, 0.717) is 13.2 Å². The van der Waals surface area contributed by atoms with Gasteiger partial charge in [0.1, 0.15) is 6.29 Å². The topological polar surface area (TPSA) is 65.1 Å². The van der Waals surface area contributed by atoms with Crippen LogP contribution in [0.1, 0.15) is 26.3 Å². The van der Waals surface area contributed by atoms with Gasteiger partial charge in [0.2, 0.25) is 0 Å². The van der Waals surface area contributed by atoms with Crippen molar-refractivity contribution in [2.45, 2.75) is 27.3 Å². The molecule has 0 N–H and O–H groups in total. The Kier molecular flexibility index (Phi) is 9.10. The number of nitrogens with zero attached hydrogens (tertiary/aromatic N) is 1. The van der Waals surface area contributed by atoms with Gasteiger partial charge in [-0.3, -0.25) is 14.3 Å². The van der Waals surface area contributed by atoms with Gasteiger partial charge in [-0.15, -0.1) is 0 Å². The number of carbonyl (C=O) groups is 1. The first-order valence-corrected chi connectivity index (χ1v) is 9.55. The van der Waals surface area contributed by atoms with Gasteiger partial charge < -0.3 is 13.8 Å². The Labute approximate surface area is 138 Å². The lowest BCUT2D eigenvalue weighted by atomic mass is 10.2. The van der Waals surface area contributed by atoms with E-state index in [-0.39, 0.29) is 32.0 Å². The van der Waals surface area contributed by atoms with Crippen LogP contribution in [0.5, 0.6) is 0 Å². The highest BCUT2D eigenvalue weighted by atomic mass is 31.2. The van der Waals surface area contributed by atoms with Gasteiger partial charge in [-0.1, -0.05) is 30.3 Å². The van der Waals surface area contributed by atoms with Gasteiger partial charge in [0.15, 0.2) is 0 Å². The molecular weight excluding hydrogens is 317 g/mol. The molecule has 0 saturated carbocycles.